The summed E-state index contributed by atoms with van der Waals surface area (Å²) in [5.41, 5.74) is 5.76. The van der Waals surface area contributed by atoms with E-state index in [2.05, 4.69) is 12.4 Å². The van der Waals surface area contributed by atoms with Gasteiger partial charge < -0.3 is 4.74 Å². The van der Waals surface area contributed by atoms with Crippen LogP contribution in [0.1, 0.15) is 55.5 Å². The maximum absolute atomic E-state index is 12.2. The first-order valence-corrected chi connectivity index (χ1v) is 8.79. The summed E-state index contributed by atoms with van der Waals surface area (Å²) in [6, 6.07) is 9.09. The van der Waals surface area contributed by atoms with Gasteiger partial charge in [0.1, 0.15) is 5.75 Å². The van der Waals surface area contributed by atoms with Crippen molar-refractivity contribution in [1.82, 2.24) is 5.48 Å². The molecule has 0 aliphatic heterocycles. The summed E-state index contributed by atoms with van der Waals surface area (Å²) in [5, 5.41) is 0. The normalized spacial score (nSPS) is 10.6. The molecular weight excluding hydrogens is 318 g/mol. The number of hydroxylamine groups is 1. The number of ether oxygens (including phenoxy) is 1. The summed E-state index contributed by atoms with van der Waals surface area (Å²) < 4.78 is 5.13. The number of amides is 1. The van der Waals surface area contributed by atoms with Crippen molar-refractivity contribution in [2.24, 2.45) is 0 Å². The quantitative estimate of drug-likeness (QED) is 0.400. The van der Waals surface area contributed by atoms with Crippen molar-refractivity contribution in [3.8, 4) is 16.9 Å². The lowest BCUT2D eigenvalue weighted by Gasteiger charge is -2.04. The Labute approximate surface area is 148 Å². The lowest BCUT2D eigenvalue weighted by molar-refractivity contribution is -0.120. The number of hydrogen-bond acceptors (Lipinski definition) is 4. The molecule has 2 aliphatic carbocycles. The molecule has 0 radical (unpaired) electrons. The van der Waals surface area contributed by atoms with Crippen LogP contribution in [0.25, 0.3) is 11.1 Å². The molecule has 134 valence electrons. The van der Waals surface area contributed by atoms with E-state index in [0.717, 1.165) is 36.0 Å². The first-order chi connectivity index (χ1) is 12.2. The molecule has 0 atom stereocenters. The van der Waals surface area contributed by atoms with Crippen LogP contribution in [0.4, 0.5) is 0 Å². The first-order valence-electron chi connectivity index (χ1n) is 8.79. The number of hydrogen-bond donors (Lipinski definition) is 1. The van der Waals surface area contributed by atoms with Gasteiger partial charge in [-0.15, -0.1) is 0 Å². The molecule has 0 aromatic heterocycles. The molecule has 0 saturated carbocycles. The van der Waals surface area contributed by atoms with Crippen LogP contribution in [0, 0.1) is 0 Å². The van der Waals surface area contributed by atoms with Gasteiger partial charge in [-0.1, -0.05) is 38.3 Å². The van der Waals surface area contributed by atoms with Crippen molar-refractivity contribution in [2.45, 2.75) is 46.0 Å². The Morgan fingerprint density at radius 1 is 1.12 bits per heavy atom. The van der Waals surface area contributed by atoms with E-state index < -0.39 is 0 Å². The average molecular weight is 343 g/mol. The van der Waals surface area contributed by atoms with Crippen molar-refractivity contribution in [1.29, 1.82) is 0 Å². The summed E-state index contributed by atoms with van der Waals surface area (Å²) in [5.74, 6) is 0.234. The summed E-state index contributed by atoms with van der Waals surface area (Å²) in [4.78, 5) is 28.0. The van der Waals surface area contributed by atoms with Crippen LogP contribution in [0.15, 0.2) is 30.3 Å². The Morgan fingerprint density at radius 3 is 2.68 bits per heavy atom. The number of aryl methyl sites for hydroxylation is 1. The van der Waals surface area contributed by atoms with Crippen LogP contribution >= 0.6 is 0 Å². The van der Waals surface area contributed by atoms with Gasteiger partial charge in [0.15, 0.2) is 0 Å². The third-order valence-corrected chi connectivity index (χ3v) is 4.09. The SMILES string of the molecule is CCCCCCc1cc(OC=O)c2cccc(C(=O)NOCC)cc1-2. The molecule has 0 spiro atoms. The van der Waals surface area contributed by atoms with Crippen LogP contribution in [0.3, 0.4) is 0 Å². The fraction of sp³-hybridized carbons (Fsp3) is 0.400. The monoisotopic (exact) mass is 343 g/mol. The lowest BCUT2D eigenvalue weighted by Crippen LogP contribution is -2.23. The molecule has 1 N–H and O–H groups in total. The lowest BCUT2D eigenvalue weighted by atomic mass is 10.0. The maximum atomic E-state index is 12.2. The van der Waals surface area contributed by atoms with Crippen LogP contribution in [-0.4, -0.2) is 19.0 Å². The number of rotatable bonds is 10. The smallest absolute Gasteiger partial charge is 0.298 e. The van der Waals surface area contributed by atoms with E-state index in [-0.39, 0.29) is 5.91 Å². The maximum Gasteiger partial charge on any atom is 0.298 e. The van der Waals surface area contributed by atoms with Gasteiger partial charge in [0.2, 0.25) is 0 Å². The van der Waals surface area contributed by atoms with Gasteiger partial charge >= 0.3 is 0 Å². The molecule has 0 unspecified atom stereocenters. The summed E-state index contributed by atoms with van der Waals surface area (Å²) in [6.07, 6.45) is 5.48. The topological polar surface area (TPSA) is 64.6 Å². The third kappa shape index (κ3) is 5.03. The summed E-state index contributed by atoms with van der Waals surface area (Å²) in [7, 11) is 0. The van der Waals surface area contributed by atoms with E-state index in [4.69, 9.17) is 9.57 Å². The molecular formula is C20H25NO4. The average Bonchev–Trinajstić information content (AvgIpc) is 2.80. The van der Waals surface area contributed by atoms with Crippen molar-refractivity contribution < 1.29 is 19.2 Å². The molecule has 1 amide bonds. The van der Waals surface area contributed by atoms with E-state index >= 15 is 0 Å². The van der Waals surface area contributed by atoms with Gasteiger partial charge in [-0.25, -0.2) is 5.48 Å². The van der Waals surface area contributed by atoms with Gasteiger partial charge in [0, 0.05) is 11.1 Å². The highest BCUT2D eigenvalue weighted by Gasteiger charge is 2.18. The van der Waals surface area contributed by atoms with Crippen molar-refractivity contribution in [3.63, 3.8) is 0 Å². The van der Waals surface area contributed by atoms with Gasteiger partial charge in [0.25, 0.3) is 12.4 Å². The molecule has 2 aliphatic rings. The fourth-order valence-electron chi connectivity index (χ4n) is 2.85. The molecule has 0 bridgehead atoms. The predicted molar refractivity (Wildman–Crippen MR) is 96.7 cm³/mol. The van der Waals surface area contributed by atoms with Crippen LogP contribution < -0.4 is 10.2 Å². The van der Waals surface area contributed by atoms with Crippen molar-refractivity contribution >= 4 is 12.4 Å². The second-order valence-electron chi connectivity index (χ2n) is 5.88. The Bertz CT molecular complexity index is 684. The Hall–Kier alpha value is -2.40. The number of fused-ring (bicyclic) bond motifs is 1. The zero-order valence-corrected chi connectivity index (χ0v) is 14.8. The summed E-state index contributed by atoms with van der Waals surface area (Å²) >= 11 is 0. The van der Waals surface area contributed by atoms with Crippen molar-refractivity contribution in [3.05, 3.63) is 41.5 Å². The fourth-order valence-corrected chi connectivity index (χ4v) is 2.85. The molecule has 0 aromatic carbocycles. The predicted octanol–water partition coefficient (Wildman–Crippen LogP) is 4.13. The van der Waals surface area contributed by atoms with E-state index in [0.29, 0.717) is 24.4 Å². The van der Waals surface area contributed by atoms with Gasteiger partial charge in [-0.05, 0) is 49.1 Å². The van der Waals surface area contributed by atoms with E-state index in [1.165, 1.54) is 12.8 Å². The number of carbonyl (C=O) groups excluding carboxylic acids is 2. The standard InChI is InChI=1S/C20H25NO4/c1-3-5-6-7-9-15-13-19(24-14-22)17-11-8-10-16(12-18(15)17)20(23)21-25-4-2/h8,10-14H,3-7,9H2,1-2H3,(H,21,23). The second kappa shape index (κ2) is 9.79. The van der Waals surface area contributed by atoms with Crippen LogP contribution in [0.2, 0.25) is 0 Å². The number of unbranched alkanes of at least 4 members (excludes halogenated alkanes) is 3. The van der Waals surface area contributed by atoms with Crippen LogP contribution in [0.5, 0.6) is 5.75 Å². The molecule has 25 heavy (non-hydrogen) atoms. The Kier molecular flexibility index (Phi) is 7.41. The van der Waals surface area contributed by atoms with Crippen LogP contribution in [-0.2, 0) is 16.1 Å². The minimum Gasteiger partial charge on any atom is -0.428 e. The minimum atomic E-state index is -0.296. The van der Waals surface area contributed by atoms with Crippen molar-refractivity contribution in [2.75, 3.05) is 6.61 Å². The molecule has 0 fully saturated rings. The molecule has 2 rings (SSSR count). The van der Waals surface area contributed by atoms with Gasteiger partial charge in [-0.3, -0.25) is 14.4 Å². The molecule has 5 nitrogen and oxygen atoms in total. The Morgan fingerprint density at radius 2 is 1.96 bits per heavy atom. The Balaban J connectivity index is 2.33. The van der Waals surface area contributed by atoms with E-state index in [1.807, 2.05) is 18.2 Å². The molecule has 0 saturated heterocycles. The first kappa shape index (κ1) is 18.9. The molecule has 0 heterocycles. The van der Waals surface area contributed by atoms with Gasteiger partial charge in [0.05, 0.1) is 6.61 Å². The molecule has 5 heteroatoms. The summed E-state index contributed by atoms with van der Waals surface area (Å²) in [6.45, 7) is 4.82. The number of carbonyl (C=O) groups is 2. The third-order valence-electron chi connectivity index (χ3n) is 4.09. The highest BCUT2D eigenvalue weighted by molar-refractivity contribution is 5.95. The largest absolute Gasteiger partial charge is 0.428 e. The highest BCUT2D eigenvalue weighted by atomic mass is 16.6. The second-order valence-corrected chi connectivity index (χ2v) is 5.88. The minimum absolute atomic E-state index is 0.296. The van der Waals surface area contributed by atoms with Gasteiger partial charge in [-0.2, -0.15) is 0 Å². The van der Waals surface area contributed by atoms with E-state index in [9.17, 15) is 9.59 Å². The zero-order valence-electron chi connectivity index (χ0n) is 14.8. The zero-order chi connectivity index (χ0) is 18.1. The van der Waals surface area contributed by atoms with E-state index in [1.54, 1.807) is 19.1 Å². The number of nitrogens with one attached hydrogen (secondary N) is 1. The molecule has 0 aromatic rings. The highest BCUT2D eigenvalue weighted by Crippen LogP contribution is 2.38.